The lowest BCUT2D eigenvalue weighted by molar-refractivity contribution is -0.120. The van der Waals surface area contributed by atoms with Crippen molar-refractivity contribution in [2.45, 2.75) is 17.7 Å². The van der Waals surface area contributed by atoms with Crippen LogP contribution in [-0.2, 0) is 14.8 Å². The third kappa shape index (κ3) is 3.58. The quantitative estimate of drug-likeness (QED) is 0.630. The highest BCUT2D eigenvalue weighted by Gasteiger charge is 2.34. The van der Waals surface area contributed by atoms with Gasteiger partial charge in [0.2, 0.25) is 15.9 Å². The molecule has 1 saturated heterocycles. The number of nitrogens with zero attached hydrogens (tertiary/aromatic N) is 3. The number of rotatable bonds is 4. The Labute approximate surface area is 166 Å². The van der Waals surface area contributed by atoms with Gasteiger partial charge in [-0.3, -0.25) is 4.79 Å². The fraction of sp³-hybridized carbons (Fsp3) is 0.278. The number of amides is 1. The Morgan fingerprint density at radius 1 is 1.18 bits per heavy atom. The maximum absolute atomic E-state index is 13.2. The standard InChI is InChI=1S/C18H18N4O4S2/c23-14-8-6-13(7-9-14)19-18(24)12-3-2-10-22(11-12)28(25,26)16-5-1-4-15-17(16)21-27-20-15/h1,4-9,12,23H,2-3,10-11H2,(H,19,24)/t12-/m0/s1. The third-order valence-corrected chi connectivity index (χ3v) is 7.20. The van der Waals surface area contributed by atoms with E-state index in [4.69, 9.17) is 0 Å². The van der Waals surface area contributed by atoms with Gasteiger partial charge in [-0.2, -0.15) is 13.1 Å². The summed E-state index contributed by atoms with van der Waals surface area (Å²) < 4.78 is 35.9. The average Bonchev–Trinajstić information content (AvgIpc) is 3.18. The van der Waals surface area contributed by atoms with Gasteiger partial charge in [0.15, 0.2) is 0 Å². The van der Waals surface area contributed by atoms with E-state index in [1.165, 1.54) is 22.5 Å². The summed E-state index contributed by atoms with van der Waals surface area (Å²) in [5, 5.41) is 12.1. The minimum atomic E-state index is -3.78. The van der Waals surface area contributed by atoms with Crippen LogP contribution in [0.15, 0.2) is 47.4 Å². The molecule has 8 nitrogen and oxygen atoms in total. The second kappa shape index (κ2) is 7.46. The lowest BCUT2D eigenvalue weighted by atomic mass is 9.99. The highest BCUT2D eigenvalue weighted by Crippen LogP contribution is 2.28. The van der Waals surface area contributed by atoms with Crippen molar-refractivity contribution in [2.24, 2.45) is 5.92 Å². The Kier molecular flexibility index (Phi) is 5.00. The first-order valence-corrected chi connectivity index (χ1v) is 10.9. The maximum Gasteiger partial charge on any atom is 0.245 e. The fourth-order valence-electron chi connectivity index (χ4n) is 3.29. The van der Waals surface area contributed by atoms with Gasteiger partial charge in [-0.25, -0.2) is 8.42 Å². The molecule has 0 bridgehead atoms. The number of fused-ring (bicyclic) bond motifs is 1. The van der Waals surface area contributed by atoms with Crippen LogP contribution in [0, 0.1) is 5.92 Å². The Hall–Kier alpha value is -2.56. The lowest BCUT2D eigenvalue weighted by Gasteiger charge is -2.31. The van der Waals surface area contributed by atoms with E-state index in [-0.39, 0.29) is 23.1 Å². The number of anilines is 1. The lowest BCUT2D eigenvalue weighted by Crippen LogP contribution is -2.43. The van der Waals surface area contributed by atoms with Crippen molar-refractivity contribution in [3.63, 3.8) is 0 Å². The summed E-state index contributed by atoms with van der Waals surface area (Å²) >= 11 is 0.973. The zero-order chi connectivity index (χ0) is 19.7. The number of phenols is 1. The number of carbonyl (C=O) groups is 1. The molecule has 1 amide bonds. The molecule has 1 aliphatic rings. The summed E-state index contributed by atoms with van der Waals surface area (Å²) in [6.45, 7) is 0.472. The van der Waals surface area contributed by atoms with Gasteiger partial charge in [-0.05, 0) is 49.2 Å². The van der Waals surface area contributed by atoms with Gasteiger partial charge in [-0.15, -0.1) is 0 Å². The van der Waals surface area contributed by atoms with Crippen LogP contribution in [0.2, 0.25) is 0 Å². The summed E-state index contributed by atoms with van der Waals surface area (Å²) in [6, 6.07) is 11.1. The van der Waals surface area contributed by atoms with E-state index in [9.17, 15) is 18.3 Å². The number of aromatic nitrogens is 2. The predicted molar refractivity (Wildman–Crippen MR) is 106 cm³/mol. The van der Waals surface area contributed by atoms with Crippen molar-refractivity contribution < 1.29 is 18.3 Å². The first kappa shape index (κ1) is 18.8. The van der Waals surface area contributed by atoms with Crippen molar-refractivity contribution in [3.8, 4) is 5.75 Å². The van der Waals surface area contributed by atoms with Crippen LogP contribution in [0.1, 0.15) is 12.8 Å². The molecule has 4 rings (SSSR count). The summed E-state index contributed by atoms with van der Waals surface area (Å²) in [6.07, 6.45) is 1.20. The highest BCUT2D eigenvalue weighted by molar-refractivity contribution is 7.89. The Morgan fingerprint density at radius 3 is 2.75 bits per heavy atom. The number of hydrogen-bond donors (Lipinski definition) is 2. The van der Waals surface area contributed by atoms with Gasteiger partial charge in [0.25, 0.3) is 0 Å². The molecular weight excluding hydrogens is 400 g/mol. The van der Waals surface area contributed by atoms with Gasteiger partial charge in [-0.1, -0.05) is 6.07 Å². The summed E-state index contributed by atoms with van der Waals surface area (Å²) in [7, 11) is -3.78. The van der Waals surface area contributed by atoms with Crippen LogP contribution in [0.3, 0.4) is 0 Å². The van der Waals surface area contributed by atoms with Crippen molar-refractivity contribution in [1.29, 1.82) is 0 Å². The Balaban J connectivity index is 1.53. The van der Waals surface area contributed by atoms with Gasteiger partial charge in [0, 0.05) is 18.8 Å². The highest BCUT2D eigenvalue weighted by atomic mass is 32.2. The number of aromatic hydroxyl groups is 1. The third-order valence-electron chi connectivity index (χ3n) is 4.76. The molecule has 0 saturated carbocycles. The summed E-state index contributed by atoms with van der Waals surface area (Å²) in [5.74, 6) is -0.581. The molecule has 0 spiro atoms. The van der Waals surface area contributed by atoms with E-state index in [0.29, 0.717) is 36.1 Å². The van der Waals surface area contributed by atoms with E-state index < -0.39 is 15.9 Å². The van der Waals surface area contributed by atoms with Crippen LogP contribution >= 0.6 is 11.7 Å². The summed E-state index contributed by atoms with van der Waals surface area (Å²) in [5.41, 5.74) is 1.47. The van der Waals surface area contributed by atoms with E-state index in [2.05, 4.69) is 14.1 Å². The van der Waals surface area contributed by atoms with Crippen molar-refractivity contribution in [3.05, 3.63) is 42.5 Å². The van der Waals surface area contributed by atoms with Crippen LogP contribution in [0.25, 0.3) is 11.0 Å². The van der Waals surface area contributed by atoms with Crippen molar-refractivity contribution in [2.75, 3.05) is 18.4 Å². The number of sulfonamides is 1. The van der Waals surface area contributed by atoms with Crippen molar-refractivity contribution >= 4 is 44.4 Å². The molecule has 1 aromatic heterocycles. The molecule has 2 aromatic carbocycles. The SMILES string of the molecule is O=C(Nc1ccc(O)cc1)[C@H]1CCCN(S(=O)(=O)c2cccc3nsnc23)C1. The topological polar surface area (TPSA) is 112 Å². The first-order chi connectivity index (χ1) is 13.4. The van der Waals surface area contributed by atoms with E-state index in [1.54, 1.807) is 24.3 Å². The minimum absolute atomic E-state index is 0.110. The molecule has 1 atom stereocenters. The molecule has 146 valence electrons. The number of carbonyl (C=O) groups excluding carboxylic acids is 1. The Morgan fingerprint density at radius 2 is 1.96 bits per heavy atom. The molecule has 1 aliphatic heterocycles. The fourth-order valence-corrected chi connectivity index (χ4v) is 5.57. The molecule has 1 fully saturated rings. The zero-order valence-electron chi connectivity index (χ0n) is 14.8. The minimum Gasteiger partial charge on any atom is -0.508 e. The monoisotopic (exact) mass is 418 g/mol. The summed E-state index contributed by atoms with van der Waals surface area (Å²) in [4.78, 5) is 12.7. The largest absolute Gasteiger partial charge is 0.508 e. The second-order valence-corrected chi connectivity index (χ2v) is 9.06. The molecule has 0 radical (unpaired) electrons. The smallest absolute Gasteiger partial charge is 0.245 e. The number of piperidine rings is 1. The molecule has 28 heavy (non-hydrogen) atoms. The normalized spacial score (nSPS) is 18.2. The van der Waals surface area contributed by atoms with Crippen LogP contribution in [-0.4, -0.2) is 45.6 Å². The maximum atomic E-state index is 13.2. The van der Waals surface area contributed by atoms with Crippen LogP contribution < -0.4 is 5.32 Å². The number of hydrogen-bond acceptors (Lipinski definition) is 7. The number of nitrogens with one attached hydrogen (secondary N) is 1. The van der Waals surface area contributed by atoms with E-state index in [1.807, 2.05) is 0 Å². The van der Waals surface area contributed by atoms with E-state index in [0.717, 1.165) is 11.7 Å². The van der Waals surface area contributed by atoms with Gasteiger partial charge in [0.05, 0.1) is 17.6 Å². The van der Waals surface area contributed by atoms with Crippen molar-refractivity contribution in [1.82, 2.24) is 13.1 Å². The molecule has 3 aromatic rings. The second-order valence-electron chi connectivity index (χ2n) is 6.63. The number of phenolic OH excluding ortho intramolecular Hbond substituents is 1. The molecule has 2 N–H and O–H groups in total. The van der Waals surface area contributed by atoms with Crippen LogP contribution in [0.5, 0.6) is 5.75 Å². The van der Waals surface area contributed by atoms with Crippen LogP contribution in [0.4, 0.5) is 5.69 Å². The molecule has 2 heterocycles. The van der Waals surface area contributed by atoms with Gasteiger partial charge >= 0.3 is 0 Å². The zero-order valence-corrected chi connectivity index (χ0v) is 16.4. The number of benzene rings is 2. The average molecular weight is 419 g/mol. The predicted octanol–water partition coefficient (Wildman–Crippen LogP) is 2.44. The molecule has 0 aliphatic carbocycles. The van der Waals surface area contributed by atoms with E-state index >= 15 is 0 Å². The molecule has 0 unspecified atom stereocenters. The molecule has 10 heteroatoms. The first-order valence-electron chi connectivity index (χ1n) is 8.76. The van der Waals surface area contributed by atoms with Gasteiger partial charge in [0.1, 0.15) is 21.7 Å². The molecular formula is C18H18N4O4S2. The van der Waals surface area contributed by atoms with Gasteiger partial charge < -0.3 is 10.4 Å². The Bertz CT molecular complexity index is 1110.